The Labute approximate surface area is 119 Å². The molecule has 20 heavy (non-hydrogen) atoms. The number of amides is 1. The SMILES string of the molecule is COCCCN(CCOC)C(=O)C1(C(N)=NO)CCC1. The van der Waals surface area contributed by atoms with Gasteiger partial charge in [0.1, 0.15) is 5.41 Å². The van der Waals surface area contributed by atoms with Crippen LogP contribution >= 0.6 is 0 Å². The Balaban J connectivity index is 2.74. The van der Waals surface area contributed by atoms with E-state index in [9.17, 15) is 4.79 Å². The van der Waals surface area contributed by atoms with Crippen LogP contribution in [-0.4, -0.2) is 62.4 Å². The van der Waals surface area contributed by atoms with Crippen molar-refractivity contribution in [2.24, 2.45) is 16.3 Å². The number of hydrogen-bond acceptors (Lipinski definition) is 5. The molecule has 1 aliphatic rings. The highest BCUT2D eigenvalue weighted by molar-refractivity contribution is 6.07. The third kappa shape index (κ3) is 3.61. The molecule has 0 saturated heterocycles. The maximum Gasteiger partial charge on any atom is 0.236 e. The number of carbonyl (C=O) groups is 1. The van der Waals surface area contributed by atoms with Crippen molar-refractivity contribution in [2.75, 3.05) is 40.5 Å². The zero-order valence-corrected chi connectivity index (χ0v) is 12.3. The minimum Gasteiger partial charge on any atom is -0.409 e. The first-order valence-electron chi connectivity index (χ1n) is 6.87. The quantitative estimate of drug-likeness (QED) is 0.210. The van der Waals surface area contributed by atoms with Crippen molar-refractivity contribution < 1.29 is 19.5 Å². The molecule has 116 valence electrons. The van der Waals surface area contributed by atoms with Gasteiger partial charge in [0.05, 0.1) is 6.61 Å². The summed E-state index contributed by atoms with van der Waals surface area (Å²) in [6.07, 6.45) is 2.93. The van der Waals surface area contributed by atoms with Crippen LogP contribution in [0.1, 0.15) is 25.7 Å². The van der Waals surface area contributed by atoms with Gasteiger partial charge in [0, 0.05) is 33.9 Å². The second-order valence-corrected chi connectivity index (χ2v) is 5.05. The molecule has 1 aliphatic carbocycles. The van der Waals surface area contributed by atoms with E-state index in [2.05, 4.69) is 5.16 Å². The highest BCUT2D eigenvalue weighted by Crippen LogP contribution is 2.42. The van der Waals surface area contributed by atoms with Crippen molar-refractivity contribution >= 4 is 11.7 Å². The van der Waals surface area contributed by atoms with Gasteiger partial charge in [-0.1, -0.05) is 11.6 Å². The Morgan fingerprint density at radius 3 is 2.40 bits per heavy atom. The van der Waals surface area contributed by atoms with Crippen LogP contribution in [-0.2, 0) is 14.3 Å². The van der Waals surface area contributed by atoms with E-state index in [1.807, 2.05) is 0 Å². The Morgan fingerprint density at radius 2 is 1.95 bits per heavy atom. The predicted molar refractivity (Wildman–Crippen MR) is 74.6 cm³/mol. The smallest absolute Gasteiger partial charge is 0.236 e. The van der Waals surface area contributed by atoms with Crippen molar-refractivity contribution in [3.63, 3.8) is 0 Å². The molecule has 0 unspecified atom stereocenters. The van der Waals surface area contributed by atoms with Crippen LogP contribution in [0.15, 0.2) is 5.16 Å². The summed E-state index contributed by atoms with van der Waals surface area (Å²) in [5.41, 5.74) is 4.91. The van der Waals surface area contributed by atoms with Crippen molar-refractivity contribution in [2.45, 2.75) is 25.7 Å². The number of ether oxygens (including phenoxy) is 2. The fourth-order valence-corrected chi connectivity index (χ4v) is 2.42. The summed E-state index contributed by atoms with van der Waals surface area (Å²) in [5, 5.41) is 12.0. The summed E-state index contributed by atoms with van der Waals surface area (Å²) < 4.78 is 10.1. The van der Waals surface area contributed by atoms with Gasteiger partial charge >= 0.3 is 0 Å². The lowest BCUT2D eigenvalue weighted by Crippen LogP contribution is -2.56. The lowest BCUT2D eigenvalue weighted by molar-refractivity contribution is -0.143. The van der Waals surface area contributed by atoms with Gasteiger partial charge in [0.15, 0.2) is 5.84 Å². The minimum absolute atomic E-state index is 0.0166. The van der Waals surface area contributed by atoms with Crippen LogP contribution in [0.25, 0.3) is 0 Å². The molecule has 1 amide bonds. The molecule has 0 radical (unpaired) electrons. The van der Waals surface area contributed by atoms with Crippen LogP contribution in [0, 0.1) is 5.41 Å². The van der Waals surface area contributed by atoms with Crippen LogP contribution in [0.4, 0.5) is 0 Å². The largest absolute Gasteiger partial charge is 0.409 e. The zero-order chi connectivity index (χ0) is 15.0. The molecule has 1 fully saturated rings. The van der Waals surface area contributed by atoms with Crippen molar-refractivity contribution in [3.05, 3.63) is 0 Å². The fraction of sp³-hybridized carbons (Fsp3) is 0.846. The molecule has 1 saturated carbocycles. The van der Waals surface area contributed by atoms with Gasteiger partial charge in [-0.2, -0.15) is 0 Å². The Hall–Kier alpha value is -1.34. The molecular weight excluding hydrogens is 262 g/mol. The Bertz CT molecular complexity index is 343. The number of carbonyl (C=O) groups excluding carboxylic acids is 1. The molecule has 0 spiro atoms. The summed E-state index contributed by atoms with van der Waals surface area (Å²) in [5.74, 6) is -0.0601. The Kier molecular flexibility index (Phi) is 6.74. The lowest BCUT2D eigenvalue weighted by atomic mass is 9.66. The standard InChI is InChI=1S/C13H25N3O4/c1-19-9-4-7-16(8-10-20-2)12(17)13(5-3-6-13)11(14)15-18/h18H,3-10H2,1-2H3,(H2,14,15). The molecule has 7 heteroatoms. The normalized spacial score (nSPS) is 17.6. The lowest BCUT2D eigenvalue weighted by Gasteiger charge is -2.42. The van der Waals surface area contributed by atoms with Gasteiger partial charge in [-0.3, -0.25) is 4.79 Å². The second-order valence-electron chi connectivity index (χ2n) is 5.05. The van der Waals surface area contributed by atoms with E-state index in [0.29, 0.717) is 39.1 Å². The number of rotatable bonds is 9. The number of nitrogens with two attached hydrogens (primary N) is 1. The number of amidine groups is 1. The molecular formula is C13H25N3O4. The number of methoxy groups -OCH3 is 2. The molecule has 0 atom stereocenters. The molecule has 1 rings (SSSR count). The van der Waals surface area contributed by atoms with E-state index in [1.165, 1.54) is 0 Å². The van der Waals surface area contributed by atoms with E-state index in [-0.39, 0.29) is 11.7 Å². The summed E-state index contributed by atoms with van der Waals surface area (Å²) in [6.45, 7) is 2.13. The van der Waals surface area contributed by atoms with Gasteiger partial charge in [0.25, 0.3) is 0 Å². The van der Waals surface area contributed by atoms with E-state index >= 15 is 0 Å². The third-order valence-electron chi connectivity index (χ3n) is 3.84. The highest BCUT2D eigenvalue weighted by Gasteiger charge is 2.50. The topological polar surface area (TPSA) is 97.4 Å². The van der Waals surface area contributed by atoms with Crippen LogP contribution < -0.4 is 5.73 Å². The zero-order valence-electron chi connectivity index (χ0n) is 12.3. The van der Waals surface area contributed by atoms with Crippen LogP contribution in [0.5, 0.6) is 0 Å². The fourth-order valence-electron chi connectivity index (χ4n) is 2.42. The summed E-state index contributed by atoms with van der Waals surface area (Å²) in [6, 6.07) is 0. The maximum atomic E-state index is 12.7. The first-order chi connectivity index (χ1) is 9.62. The second kappa shape index (κ2) is 8.06. The molecule has 0 aromatic carbocycles. The summed E-state index contributed by atoms with van der Waals surface area (Å²) in [4.78, 5) is 14.4. The first-order valence-corrected chi connectivity index (χ1v) is 6.87. The third-order valence-corrected chi connectivity index (χ3v) is 3.84. The van der Waals surface area contributed by atoms with E-state index in [1.54, 1.807) is 19.1 Å². The van der Waals surface area contributed by atoms with Gasteiger partial charge < -0.3 is 25.3 Å². The van der Waals surface area contributed by atoms with E-state index in [4.69, 9.17) is 20.4 Å². The monoisotopic (exact) mass is 287 g/mol. The molecule has 7 nitrogen and oxygen atoms in total. The molecule has 0 bridgehead atoms. The van der Waals surface area contributed by atoms with Crippen molar-refractivity contribution in [1.29, 1.82) is 0 Å². The number of oxime groups is 1. The van der Waals surface area contributed by atoms with Crippen molar-refractivity contribution in [3.8, 4) is 0 Å². The van der Waals surface area contributed by atoms with E-state index < -0.39 is 5.41 Å². The molecule has 0 aliphatic heterocycles. The van der Waals surface area contributed by atoms with Gasteiger partial charge in [-0.05, 0) is 19.3 Å². The molecule has 3 N–H and O–H groups in total. The minimum atomic E-state index is -0.824. The first kappa shape index (κ1) is 16.7. The predicted octanol–water partition coefficient (Wildman–Crippen LogP) is 0.415. The average Bonchev–Trinajstić information content (AvgIpc) is 2.41. The van der Waals surface area contributed by atoms with Gasteiger partial charge in [-0.25, -0.2) is 0 Å². The molecule has 0 aromatic rings. The number of hydrogen-bond donors (Lipinski definition) is 2. The Morgan fingerprint density at radius 1 is 1.30 bits per heavy atom. The van der Waals surface area contributed by atoms with Gasteiger partial charge in [-0.15, -0.1) is 0 Å². The molecule has 0 heterocycles. The van der Waals surface area contributed by atoms with Gasteiger partial charge in [0.2, 0.25) is 5.91 Å². The van der Waals surface area contributed by atoms with E-state index in [0.717, 1.165) is 12.8 Å². The van der Waals surface area contributed by atoms with Crippen molar-refractivity contribution in [1.82, 2.24) is 4.90 Å². The summed E-state index contributed by atoms with van der Waals surface area (Å²) >= 11 is 0. The average molecular weight is 287 g/mol. The molecule has 0 aromatic heterocycles. The number of nitrogens with zero attached hydrogens (tertiary/aromatic N) is 2. The van der Waals surface area contributed by atoms with Crippen LogP contribution in [0.3, 0.4) is 0 Å². The summed E-state index contributed by atoms with van der Waals surface area (Å²) in [7, 11) is 3.23. The van der Waals surface area contributed by atoms with Crippen LogP contribution in [0.2, 0.25) is 0 Å². The highest BCUT2D eigenvalue weighted by atomic mass is 16.5. The maximum absolute atomic E-state index is 12.7.